The second-order valence-corrected chi connectivity index (χ2v) is 4.02. The third kappa shape index (κ3) is 2.81. The number of nitrogens with one attached hydrogen (secondary N) is 1. The lowest BCUT2D eigenvalue weighted by Crippen LogP contribution is -2.01. The van der Waals surface area contributed by atoms with E-state index in [4.69, 9.17) is 0 Å². The number of thiophene rings is 1. The van der Waals surface area contributed by atoms with Crippen LogP contribution in [0.25, 0.3) is 10.9 Å². The topological polar surface area (TPSA) is 32.9 Å². The number of fused-ring (bicyclic) bond motifs is 1. The maximum absolute atomic E-state index is 10.8. The van der Waals surface area contributed by atoms with Gasteiger partial charge in [0.05, 0.1) is 0 Å². The first-order valence-electron chi connectivity index (χ1n) is 4.91. The van der Waals surface area contributed by atoms with Gasteiger partial charge in [-0.2, -0.15) is 11.3 Å². The smallest absolute Gasteiger partial charge is 0.248 e. The molecular weight excluding hydrogens is 218 g/mol. The van der Waals surface area contributed by atoms with Gasteiger partial charge in [0.1, 0.15) is 0 Å². The minimum atomic E-state index is -0.0521. The van der Waals surface area contributed by atoms with Crippen molar-refractivity contribution in [1.82, 2.24) is 4.98 Å². The first kappa shape index (κ1) is 10.6. The molecule has 0 amide bonds. The highest BCUT2D eigenvalue weighted by atomic mass is 32.1. The van der Waals surface area contributed by atoms with Gasteiger partial charge in [-0.3, -0.25) is 4.79 Å². The fraction of sp³-hybridized carbons (Fsp3) is 0. The van der Waals surface area contributed by atoms with Gasteiger partial charge in [0.15, 0.2) is 0 Å². The molecule has 0 spiro atoms. The summed E-state index contributed by atoms with van der Waals surface area (Å²) in [4.78, 5) is 13.6. The van der Waals surface area contributed by atoms with Crippen LogP contribution in [0.15, 0.2) is 64.1 Å². The van der Waals surface area contributed by atoms with Gasteiger partial charge in [-0.25, -0.2) is 0 Å². The molecule has 0 bridgehead atoms. The molecular formula is C13H11NOS. The number of aromatic amines is 1. The lowest BCUT2D eigenvalue weighted by Gasteiger charge is -1.93. The number of pyridine rings is 1. The Bertz CT molecular complexity index is 581. The normalized spacial score (nSPS) is 9.50. The van der Waals surface area contributed by atoms with Crippen LogP contribution < -0.4 is 5.56 Å². The Morgan fingerprint density at radius 1 is 0.875 bits per heavy atom. The standard InChI is InChI=1S/C9H7NO.C4H4S/c11-9-6-5-7-3-1-2-4-8(7)10-9;1-2-4-5-3-1/h1-6H,(H,10,11);1-4H. The van der Waals surface area contributed by atoms with Crippen LogP contribution in [0.2, 0.25) is 0 Å². The summed E-state index contributed by atoms with van der Waals surface area (Å²) in [6.07, 6.45) is 0. The predicted molar refractivity (Wildman–Crippen MR) is 68.9 cm³/mol. The number of aromatic nitrogens is 1. The fourth-order valence-corrected chi connectivity index (χ4v) is 1.78. The van der Waals surface area contributed by atoms with E-state index in [9.17, 15) is 4.79 Å². The molecule has 3 aromatic rings. The van der Waals surface area contributed by atoms with Gasteiger partial charge in [-0.05, 0) is 28.3 Å². The SMILES string of the molecule is O=c1ccc2ccccc2[nH]1.c1ccsc1. The van der Waals surface area contributed by atoms with Crippen molar-refractivity contribution in [2.75, 3.05) is 0 Å². The minimum absolute atomic E-state index is 0.0521. The van der Waals surface area contributed by atoms with Gasteiger partial charge < -0.3 is 4.98 Å². The highest BCUT2D eigenvalue weighted by Crippen LogP contribution is 2.06. The minimum Gasteiger partial charge on any atom is -0.322 e. The molecule has 2 heterocycles. The van der Waals surface area contributed by atoms with E-state index in [1.165, 1.54) is 6.07 Å². The van der Waals surface area contributed by atoms with E-state index in [1.54, 1.807) is 11.3 Å². The largest absolute Gasteiger partial charge is 0.322 e. The lowest BCUT2D eigenvalue weighted by molar-refractivity contribution is 1.31. The molecule has 2 aromatic heterocycles. The number of benzene rings is 1. The first-order valence-corrected chi connectivity index (χ1v) is 5.86. The van der Waals surface area contributed by atoms with E-state index in [1.807, 2.05) is 53.2 Å². The molecule has 1 aromatic carbocycles. The third-order valence-corrected chi connectivity index (χ3v) is 2.69. The third-order valence-electron chi connectivity index (χ3n) is 2.06. The van der Waals surface area contributed by atoms with Gasteiger partial charge in [0.2, 0.25) is 5.56 Å². The zero-order chi connectivity index (χ0) is 11.2. The average molecular weight is 229 g/mol. The van der Waals surface area contributed by atoms with E-state index in [0.717, 1.165) is 10.9 Å². The quantitative estimate of drug-likeness (QED) is 0.630. The molecule has 0 aliphatic carbocycles. The van der Waals surface area contributed by atoms with Gasteiger partial charge >= 0.3 is 0 Å². The summed E-state index contributed by atoms with van der Waals surface area (Å²) in [7, 11) is 0. The zero-order valence-electron chi connectivity index (χ0n) is 8.59. The lowest BCUT2D eigenvalue weighted by atomic mass is 10.2. The summed E-state index contributed by atoms with van der Waals surface area (Å²) in [5.74, 6) is 0. The Labute approximate surface area is 97.2 Å². The summed E-state index contributed by atoms with van der Waals surface area (Å²) in [6, 6.07) is 15.1. The molecule has 0 atom stereocenters. The van der Waals surface area contributed by atoms with Crippen LogP contribution in [-0.4, -0.2) is 4.98 Å². The molecule has 0 saturated carbocycles. The summed E-state index contributed by atoms with van der Waals surface area (Å²) >= 11 is 1.71. The number of H-pyrrole nitrogens is 1. The van der Waals surface area contributed by atoms with Crippen LogP contribution >= 0.6 is 11.3 Å². The number of hydrogen-bond donors (Lipinski definition) is 1. The van der Waals surface area contributed by atoms with Gasteiger partial charge in [-0.15, -0.1) is 0 Å². The summed E-state index contributed by atoms with van der Waals surface area (Å²) < 4.78 is 0. The number of hydrogen-bond acceptors (Lipinski definition) is 2. The molecule has 2 nitrogen and oxygen atoms in total. The molecule has 16 heavy (non-hydrogen) atoms. The predicted octanol–water partition coefficient (Wildman–Crippen LogP) is 3.28. The van der Waals surface area contributed by atoms with Crippen molar-refractivity contribution in [3.63, 3.8) is 0 Å². The van der Waals surface area contributed by atoms with E-state index in [2.05, 4.69) is 4.98 Å². The van der Waals surface area contributed by atoms with Gasteiger partial charge in [0.25, 0.3) is 0 Å². The van der Waals surface area contributed by atoms with Crippen molar-refractivity contribution in [2.24, 2.45) is 0 Å². The van der Waals surface area contributed by atoms with E-state index in [0.29, 0.717) is 0 Å². The second-order valence-electron chi connectivity index (χ2n) is 3.20. The monoisotopic (exact) mass is 229 g/mol. The maximum atomic E-state index is 10.8. The van der Waals surface area contributed by atoms with Gasteiger partial charge in [0, 0.05) is 11.6 Å². The molecule has 0 radical (unpaired) electrons. The molecule has 1 N–H and O–H groups in total. The maximum Gasteiger partial charge on any atom is 0.248 e. The number of para-hydroxylation sites is 1. The van der Waals surface area contributed by atoms with Crippen molar-refractivity contribution in [1.29, 1.82) is 0 Å². The highest BCUT2D eigenvalue weighted by molar-refractivity contribution is 7.07. The van der Waals surface area contributed by atoms with Crippen molar-refractivity contribution < 1.29 is 0 Å². The molecule has 0 saturated heterocycles. The Kier molecular flexibility index (Phi) is 3.51. The van der Waals surface area contributed by atoms with Crippen molar-refractivity contribution in [2.45, 2.75) is 0 Å². The summed E-state index contributed by atoms with van der Waals surface area (Å²) in [5.41, 5.74) is 0.837. The van der Waals surface area contributed by atoms with E-state index < -0.39 is 0 Å². The van der Waals surface area contributed by atoms with Crippen molar-refractivity contribution >= 4 is 22.2 Å². The fourth-order valence-electron chi connectivity index (χ4n) is 1.32. The molecule has 0 fully saturated rings. The van der Waals surface area contributed by atoms with Crippen molar-refractivity contribution in [3.8, 4) is 0 Å². The van der Waals surface area contributed by atoms with Crippen LogP contribution in [0.1, 0.15) is 0 Å². The molecule has 3 rings (SSSR count). The second kappa shape index (κ2) is 5.28. The van der Waals surface area contributed by atoms with Crippen LogP contribution in [0.5, 0.6) is 0 Å². The van der Waals surface area contributed by atoms with Crippen LogP contribution in [0.4, 0.5) is 0 Å². The Hall–Kier alpha value is -1.87. The first-order chi connectivity index (χ1) is 7.86. The van der Waals surface area contributed by atoms with E-state index >= 15 is 0 Å². The number of rotatable bonds is 0. The van der Waals surface area contributed by atoms with E-state index in [-0.39, 0.29) is 5.56 Å². The Morgan fingerprint density at radius 3 is 2.31 bits per heavy atom. The Morgan fingerprint density at radius 2 is 1.62 bits per heavy atom. The molecule has 0 aliphatic rings. The summed E-state index contributed by atoms with van der Waals surface area (Å²) in [5, 5.41) is 5.15. The van der Waals surface area contributed by atoms with Crippen LogP contribution in [-0.2, 0) is 0 Å². The Balaban J connectivity index is 0.000000162. The zero-order valence-corrected chi connectivity index (χ0v) is 9.41. The molecule has 0 unspecified atom stereocenters. The highest BCUT2D eigenvalue weighted by Gasteiger charge is 1.89. The van der Waals surface area contributed by atoms with Crippen LogP contribution in [0, 0.1) is 0 Å². The summed E-state index contributed by atoms with van der Waals surface area (Å²) in [6.45, 7) is 0. The van der Waals surface area contributed by atoms with Crippen molar-refractivity contribution in [3.05, 3.63) is 69.6 Å². The molecule has 0 aliphatic heterocycles. The van der Waals surface area contributed by atoms with Crippen LogP contribution in [0.3, 0.4) is 0 Å². The molecule has 3 heteroatoms. The average Bonchev–Trinajstić information content (AvgIpc) is 2.87. The molecule has 80 valence electrons. The van der Waals surface area contributed by atoms with Gasteiger partial charge in [-0.1, -0.05) is 30.3 Å².